The van der Waals surface area contributed by atoms with E-state index in [1.807, 2.05) is 30.3 Å². The summed E-state index contributed by atoms with van der Waals surface area (Å²) in [4.78, 5) is 47.1. The number of benzene rings is 3. The highest BCUT2D eigenvalue weighted by molar-refractivity contribution is 6.31. The van der Waals surface area contributed by atoms with Crippen LogP contribution >= 0.6 is 23.2 Å². The van der Waals surface area contributed by atoms with E-state index in [-0.39, 0.29) is 0 Å². The van der Waals surface area contributed by atoms with Gasteiger partial charge in [-0.2, -0.15) is 10.2 Å². The molecule has 230 valence electrons. The van der Waals surface area contributed by atoms with Crippen molar-refractivity contribution in [1.29, 1.82) is 0 Å². The van der Waals surface area contributed by atoms with Crippen molar-refractivity contribution in [3.8, 4) is 0 Å². The number of nitrogens with zero attached hydrogens (tertiary/aromatic N) is 5. The third-order valence-electron chi connectivity index (χ3n) is 7.21. The number of anilines is 2. The van der Waals surface area contributed by atoms with E-state index in [0.29, 0.717) is 32.2 Å². The summed E-state index contributed by atoms with van der Waals surface area (Å²) >= 11 is 12.3. The second-order valence-electron chi connectivity index (χ2n) is 10.6. The second-order valence-corrected chi connectivity index (χ2v) is 11.5. The van der Waals surface area contributed by atoms with E-state index < -0.39 is 36.2 Å². The molecular formula is C32H29Cl2N7O4. The van der Waals surface area contributed by atoms with E-state index >= 15 is 0 Å². The van der Waals surface area contributed by atoms with Crippen LogP contribution in [0.15, 0.2) is 108 Å². The number of carbonyl (C=O) groups excluding carboxylic acids is 3. The van der Waals surface area contributed by atoms with Gasteiger partial charge in [0.1, 0.15) is 6.54 Å². The summed E-state index contributed by atoms with van der Waals surface area (Å²) in [5, 5.41) is 19.4. The van der Waals surface area contributed by atoms with Gasteiger partial charge in [0, 0.05) is 44.9 Å². The fraction of sp³-hybridized carbons (Fsp3) is 0.156. The summed E-state index contributed by atoms with van der Waals surface area (Å²) in [5.41, 5.74) is 3.89. The first-order valence-electron chi connectivity index (χ1n) is 13.8. The maximum absolute atomic E-state index is 14.0. The van der Waals surface area contributed by atoms with Crippen LogP contribution in [0, 0.1) is 0 Å². The Morgan fingerprint density at radius 2 is 1.58 bits per heavy atom. The van der Waals surface area contributed by atoms with Crippen LogP contribution in [0.4, 0.5) is 21.0 Å². The highest BCUT2D eigenvalue weighted by Crippen LogP contribution is 2.38. The third-order valence-corrected chi connectivity index (χ3v) is 7.68. The number of urea groups is 2. The number of nitrogens with one attached hydrogen (secondary N) is 2. The number of halogens is 2. The van der Waals surface area contributed by atoms with Crippen molar-refractivity contribution in [2.45, 2.75) is 25.6 Å². The van der Waals surface area contributed by atoms with Gasteiger partial charge in [0.2, 0.25) is 0 Å². The van der Waals surface area contributed by atoms with Gasteiger partial charge in [-0.3, -0.25) is 19.9 Å². The summed E-state index contributed by atoms with van der Waals surface area (Å²) < 4.78 is 0. The normalized spacial score (nSPS) is 16.0. The molecule has 1 aromatic heterocycles. The van der Waals surface area contributed by atoms with Crippen molar-refractivity contribution in [1.82, 2.24) is 20.4 Å². The second kappa shape index (κ2) is 13.3. The van der Waals surface area contributed by atoms with Crippen molar-refractivity contribution in [2.75, 3.05) is 16.8 Å². The predicted octanol–water partition coefficient (Wildman–Crippen LogP) is 6.23. The van der Waals surface area contributed by atoms with Gasteiger partial charge in [0.15, 0.2) is 6.17 Å². The zero-order valence-corrected chi connectivity index (χ0v) is 25.8. The van der Waals surface area contributed by atoms with Crippen molar-refractivity contribution >= 4 is 58.3 Å². The number of pyridine rings is 1. The van der Waals surface area contributed by atoms with Gasteiger partial charge in [0.05, 0.1) is 11.3 Å². The Labute approximate surface area is 269 Å². The molecule has 1 atom stereocenters. The average molecular weight is 647 g/mol. The number of carbonyl (C=O) groups is 3. The molecule has 1 fully saturated rings. The molecule has 5 rings (SSSR count). The predicted molar refractivity (Wildman–Crippen MR) is 172 cm³/mol. The molecule has 11 nitrogen and oxygen atoms in total. The number of rotatable bonds is 8. The molecule has 0 spiro atoms. The maximum Gasteiger partial charge on any atom is 0.347 e. The molecule has 2 heterocycles. The fourth-order valence-corrected chi connectivity index (χ4v) is 5.43. The number of hydroxylamine groups is 2. The number of hydrazone groups is 1. The minimum absolute atomic E-state index is 0.310. The molecule has 3 N–H and O–H groups in total. The molecule has 0 radical (unpaired) electrons. The van der Waals surface area contributed by atoms with Crippen LogP contribution < -0.4 is 15.6 Å². The van der Waals surface area contributed by atoms with Crippen LogP contribution in [0.1, 0.15) is 25.0 Å². The number of hydrogen-bond acceptors (Lipinski definition) is 6. The van der Waals surface area contributed by atoms with Crippen LogP contribution in [0.3, 0.4) is 0 Å². The van der Waals surface area contributed by atoms with E-state index in [4.69, 9.17) is 23.2 Å². The number of hydrogen-bond donors (Lipinski definition) is 3. The third kappa shape index (κ3) is 6.91. The van der Waals surface area contributed by atoms with E-state index in [1.165, 1.54) is 21.9 Å². The van der Waals surface area contributed by atoms with Crippen molar-refractivity contribution in [2.24, 2.45) is 5.10 Å². The number of aromatic nitrogens is 1. The monoisotopic (exact) mass is 645 g/mol. The maximum atomic E-state index is 14.0. The van der Waals surface area contributed by atoms with Gasteiger partial charge in [0.25, 0.3) is 5.91 Å². The smallest absolute Gasteiger partial charge is 0.306 e. The molecule has 45 heavy (non-hydrogen) atoms. The van der Waals surface area contributed by atoms with Crippen LogP contribution in [-0.4, -0.2) is 62.1 Å². The molecule has 1 unspecified atom stereocenters. The van der Waals surface area contributed by atoms with Gasteiger partial charge in [-0.15, -0.1) is 0 Å². The van der Waals surface area contributed by atoms with Gasteiger partial charge in [-0.25, -0.2) is 15.0 Å². The molecule has 0 bridgehead atoms. The Bertz CT molecular complexity index is 1700. The van der Waals surface area contributed by atoms with Crippen LogP contribution in [-0.2, 0) is 4.79 Å². The topological polar surface area (TPSA) is 130 Å². The lowest BCUT2D eigenvalue weighted by Gasteiger charge is -2.38. The summed E-state index contributed by atoms with van der Waals surface area (Å²) in [6, 6.07) is 24.1. The van der Waals surface area contributed by atoms with E-state index in [9.17, 15) is 19.6 Å². The Morgan fingerprint density at radius 3 is 2.24 bits per heavy atom. The quantitative estimate of drug-likeness (QED) is 0.119. The fourth-order valence-electron chi connectivity index (χ4n) is 5.05. The average Bonchev–Trinajstić information content (AvgIpc) is 3.22. The Balaban J connectivity index is 1.43. The highest BCUT2D eigenvalue weighted by Gasteiger charge is 2.56. The van der Waals surface area contributed by atoms with E-state index in [2.05, 4.69) is 20.8 Å². The van der Waals surface area contributed by atoms with Crippen LogP contribution in [0.2, 0.25) is 10.0 Å². The minimum Gasteiger partial charge on any atom is -0.306 e. The molecule has 3 aromatic carbocycles. The first kappa shape index (κ1) is 31.5. The first-order valence-corrected chi connectivity index (χ1v) is 14.6. The van der Waals surface area contributed by atoms with Crippen molar-refractivity contribution < 1.29 is 19.6 Å². The zero-order chi connectivity index (χ0) is 32.1. The standard InChI is InChI=1S/C32H29Cl2N7O4/c1-32(2)29(41(45)30(43)36-25-12-6-10-23(33)18-25)40(26-13-7-11-24(34)19-26)31(44)39(32)20-27(42)37-38-28(21-8-4-3-5-9-21)22-14-16-35-17-15-22/h3-19,29,45H,20H2,1-2H3,(H,36,43)(H,37,42). The Kier molecular flexibility index (Phi) is 9.33. The largest absolute Gasteiger partial charge is 0.347 e. The molecule has 0 aliphatic carbocycles. The molecule has 5 amide bonds. The van der Waals surface area contributed by atoms with Crippen molar-refractivity contribution in [3.05, 3.63) is 125 Å². The van der Waals surface area contributed by atoms with Gasteiger partial charge in [-0.05, 0) is 62.4 Å². The molecule has 4 aromatic rings. The molecular weight excluding hydrogens is 617 g/mol. The zero-order valence-electron chi connectivity index (χ0n) is 24.3. The molecule has 13 heteroatoms. The molecule has 1 aliphatic heterocycles. The summed E-state index contributed by atoms with van der Waals surface area (Å²) in [5.74, 6) is -0.599. The van der Waals surface area contributed by atoms with E-state index in [1.54, 1.807) is 74.8 Å². The van der Waals surface area contributed by atoms with Gasteiger partial charge >= 0.3 is 12.1 Å². The summed E-state index contributed by atoms with van der Waals surface area (Å²) in [6.45, 7) is 2.84. The Morgan fingerprint density at radius 1 is 0.933 bits per heavy atom. The SMILES string of the molecule is CC1(C)C(N(O)C(=O)Nc2cccc(Cl)c2)N(c2cccc(Cl)c2)C(=O)N1CC(=O)NN=C(c1ccccc1)c1ccncc1. The lowest BCUT2D eigenvalue weighted by molar-refractivity contribution is -0.124. The lowest BCUT2D eigenvalue weighted by Crippen LogP contribution is -2.58. The highest BCUT2D eigenvalue weighted by atomic mass is 35.5. The number of amides is 5. The summed E-state index contributed by atoms with van der Waals surface area (Å²) in [6.07, 6.45) is 1.96. The van der Waals surface area contributed by atoms with Crippen LogP contribution in [0.25, 0.3) is 0 Å². The first-order chi connectivity index (χ1) is 21.6. The van der Waals surface area contributed by atoms with Crippen LogP contribution in [0.5, 0.6) is 0 Å². The summed E-state index contributed by atoms with van der Waals surface area (Å²) in [7, 11) is 0. The molecule has 0 saturated carbocycles. The Hall–Kier alpha value is -4.97. The lowest BCUT2D eigenvalue weighted by atomic mass is 9.99. The molecule has 1 aliphatic rings. The van der Waals surface area contributed by atoms with Gasteiger partial charge in [-0.1, -0.05) is 65.7 Å². The van der Waals surface area contributed by atoms with E-state index in [0.717, 1.165) is 11.1 Å². The molecule has 1 saturated heterocycles. The minimum atomic E-state index is -1.30. The van der Waals surface area contributed by atoms with Crippen molar-refractivity contribution in [3.63, 3.8) is 0 Å². The van der Waals surface area contributed by atoms with Gasteiger partial charge < -0.3 is 10.2 Å².